The Kier molecular flexibility index (Phi) is 3.05. The molecule has 1 aromatic heterocycles. The fraction of sp³-hybridized carbons (Fsp3) is 0.455. The number of carboxylic acids is 1. The van der Waals surface area contributed by atoms with Gasteiger partial charge in [-0.1, -0.05) is 0 Å². The van der Waals surface area contributed by atoms with Crippen molar-refractivity contribution in [1.82, 2.24) is 4.98 Å². The molecule has 0 bridgehead atoms. The van der Waals surface area contributed by atoms with Gasteiger partial charge >= 0.3 is 5.97 Å². The molecule has 1 fully saturated rings. The van der Waals surface area contributed by atoms with Gasteiger partial charge in [-0.05, 0) is 25.0 Å². The van der Waals surface area contributed by atoms with Crippen molar-refractivity contribution in [3.05, 3.63) is 23.9 Å². The van der Waals surface area contributed by atoms with E-state index >= 15 is 0 Å². The van der Waals surface area contributed by atoms with Crippen LogP contribution in [-0.2, 0) is 0 Å². The molecule has 5 nitrogen and oxygen atoms in total. The molecule has 0 unspecified atom stereocenters. The molecule has 1 aliphatic carbocycles. The Morgan fingerprint density at radius 3 is 2.88 bits per heavy atom. The summed E-state index contributed by atoms with van der Waals surface area (Å²) in [6.07, 6.45) is 3.66. The number of aromatic carboxylic acids is 1. The number of anilines is 1. The summed E-state index contributed by atoms with van der Waals surface area (Å²) in [6.45, 7) is 0.552. The predicted molar refractivity (Wildman–Crippen MR) is 58.7 cm³/mol. The highest BCUT2D eigenvalue weighted by Crippen LogP contribution is 2.30. The summed E-state index contributed by atoms with van der Waals surface area (Å²) in [5.41, 5.74) is 0.230. The zero-order chi connectivity index (χ0) is 11.5. The van der Waals surface area contributed by atoms with E-state index in [1.54, 1.807) is 6.07 Å². The lowest BCUT2D eigenvalue weighted by atomic mass is 10.2. The van der Waals surface area contributed by atoms with Crippen molar-refractivity contribution in [2.75, 3.05) is 18.1 Å². The molecule has 0 spiro atoms. The van der Waals surface area contributed by atoms with E-state index < -0.39 is 5.97 Å². The molecule has 1 aliphatic rings. The zero-order valence-corrected chi connectivity index (χ0v) is 8.83. The van der Waals surface area contributed by atoms with Gasteiger partial charge in [0.25, 0.3) is 0 Å². The van der Waals surface area contributed by atoms with Crippen LogP contribution in [-0.4, -0.2) is 40.4 Å². The topological polar surface area (TPSA) is 73.7 Å². The van der Waals surface area contributed by atoms with Crippen molar-refractivity contribution in [2.45, 2.75) is 18.9 Å². The van der Waals surface area contributed by atoms with Crippen molar-refractivity contribution in [3.63, 3.8) is 0 Å². The van der Waals surface area contributed by atoms with Gasteiger partial charge in [0.05, 0.1) is 12.2 Å². The second kappa shape index (κ2) is 4.49. The molecule has 1 saturated carbocycles. The molecule has 0 amide bonds. The Balaban J connectivity index is 2.22. The predicted octanol–water partition coefficient (Wildman–Crippen LogP) is 0.741. The highest BCUT2D eigenvalue weighted by atomic mass is 16.4. The minimum Gasteiger partial charge on any atom is -0.478 e. The molecule has 2 N–H and O–H groups in total. The van der Waals surface area contributed by atoms with Crippen LogP contribution in [0.25, 0.3) is 0 Å². The van der Waals surface area contributed by atoms with Crippen molar-refractivity contribution in [1.29, 1.82) is 0 Å². The molecule has 0 atom stereocenters. The summed E-state index contributed by atoms with van der Waals surface area (Å²) in [4.78, 5) is 16.9. The largest absolute Gasteiger partial charge is 0.478 e. The number of carboxylic acid groups (broad SMARTS) is 1. The van der Waals surface area contributed by atoms with Crippen molar-refractivity contribution in [2.24, 2.45) is 0 Å². The van der Waals surface area contributed by atoms with Gasteiger partial charge in [0.15, 0.2) is 0 Å². The first-order valence-electron chi connectivity index (χ1n) is 5.29. The Hall–Kier alpha value is -1.62. The summed E-state index contributed by atoms with van der Waals surface area (Å²) in [5, 5.41) is 17.8. The molecule has 86 valence electrons. The van der Waals surface area contributed by atoms with E-state index in [0.29, 0.717) is 18.4 Å². The third kappa shape index (κ3) is 2.30. The molecule has 1 aromatic rings. The van der Waals surface area contributed by atoms with Gasteiger partial charge < -0.3 is 15.1 Å². The van der Waals surface area contributed by atoms with Gasteiger partial charge in [0.1, 0.15) is 5.82 Å². The van der Waals surface area contributed by atoms with Gasteiger partial charge in [-0.2, -0.15) is 0 Å². The van der Waals surface area contributed by atoms with Crippen LogP contribution >= 0.6 is 0 Å². The number of pyridine rings is 1. The minimum absolute atomic E-state index is 0.0511. The van der Waals surface area contributed by atoms with Crippen molar-refractivity contribution in [3.8, 4) is 0 Å². The Labute approximate surface area is 93.3 Å². The first-order valence-corrected chi connectivity index (χ1v) is 5.29. The maximum atomic E-state index is 10.8. The summed E-state index contributed by atoms with van der Waals surface area (Å²) in [5.74, 6) is -0.320. The van der Waals surface area contributed by atoms with E-state index in [9.17, 15) is 4.79 Å². The second-order valence-electron chi connectivity index (χ2n) is 3.86. The van der Waals surface area contributed by atoms with Crippen LogP contribution in [0.5, 0.6) is 0 Å². The van der Waals surface area contributed by atoms with Crippen LogP contribution in [0, 0.1) is 0 Å². The van der Waals surface area contributed by atoms with Gasteiger partial charge in [-0.25, -0.2) is 9.78 Å². The summed E-state index contributed by atoms with van der Waals surface area (Å²) in [7, 11) is 0. The molecule has 0 aromatic carbocycles. The Morgan fingerprint density at radius 1 is 1.56 bits per heavy atom. The van der Waals surface area contributed by atoms with Crippen LogP contribution < -0.4 is 4.90 Å². The lowest BCUT2D eigenvalue weighted by Gasteiger charge is -2.22. The molecule has 0 aliphatic heterocycles. The zero-order valence-electron chi connectivity index (χ0n) is 8.83. The monoisotopic (exact) mass is 222 g/mol. The van der Waals surface area contributed by atoms with E-state index in [2.05, 4.69) is 4.98 Å². The summed E-state index contributed by atoms with van der Waals surface area (Å²) in [6, 6.07) is 3.43. The number of hydrogen-bond acceptors (Lipinski definition) is 4. The molecular formula is C11H14N2O3. The number of aliphatic hydroxyl groups excluding tert-OH is 1. The molecule has 0 radical (unpaired) electrons. The number of nitrogens with zero attached hydrogens (tertiary/aromatic N) is 2. The van der Waals surface area contributed by atoms with E-state index in [4.69, 9.17) is 10.2 Å². The lowest BCUT2D eigenvalue weighted by molar-refractivity contribution is 0.0697. The molecule has 0 saturated heterocycles. The van der Waals surface area contributed by atoms with Gasteiger partial charge in [-0.15, -0.1) is 0 Å². The Bertz CT molecular complexity index is 391. The number of rotatable bonds is 5. The number of carbonyl (C=O) groups is 1. The van der Waals surface area contributed by atoms with Crippen LogP contribution in [0.15, 0.2) is 18.3 Å². The highest BCUT2D eigenvalue weighted by molar-refractivity contribution is 5.88. The van der Waals surface area contributed by atoms with E-state index in [1.165, 1.54) is 12.3 Å². The van der Waals surface area contributed by atoms with E-state index in [1.807, 2.05) is 4.90 Å². The third-order valence-electron chi connectivity index (χ3n) is 2.62. The van der Waals surface area contributed by atoms with Crippen molar-refractivity contribution < 1.29 is 15.0 Å². The first kappa shape index (κ1) is 10.9. The standard InChI is InChI=1S/C11H14N2O3/c14-6-5-13(9-1-2-9)10-7-8(11(15)16)3-4-12-10/h3-4,7,9,14H,1-2,5-6H2,(H,15,16). The number of aliphatic hydroxyl groups is 1. The van der Waals surface area contributed by atoms with E-state index in [-0.39, 0.29) is 12.2 Å². The summed E-state index contributed by atoms with van der Waals surface area (Å²) < 4.78 is 0. The van der Waals surface area contributed by atoms with Gasteiger partial charge in [0, 0.05) is 18.8 Å². The fourth-order valence-electron chi connectivity index (χ4n) is 1.69. The average molecular weight is 222 g/mol. The molecule has 16 heavy (non-hydrogen) atoms. The molecule has 1 heterocycles. The number of aromatic nitrogens is 1. The smallest absolute Gasteiger partial charge is 0.335 e. The second-order valence-corrected chi connectivity index (χ2v) is 3.86. The van der Waals surface area contributed by atoms with Crippen molar-refractivity contribution >= 4 is 11.8 Å². The van der Waals surface area contributed by atoms with E-state index in [0.717, 1.165) is 12.8 Å². The van der Waals surface area contributed by atoms with Crippen LogP contribution in [0.3, 0.4) is 0 Å². The maximum Gasteiger partial charge on any atom is 0.335 e. The molecule has 5 heteroatoms. The number of hydrogen-bond donors (Lipinski definition) is 2. The quantitative estimate of drug-likeness (QED) is 0.768. The highest BCUT2D eigenvalue weighted by Gasteiger charge is 2.29. The van der Waals surface area contributed by atoms with Crippen LogP contribution in [0.4, 0.5) is 5.82 Å². The minimum atomic E-state index is -0.955. The molecular weight excluding hydrogens is 208 g/mol. The summed E-state index contributed by atoms with van der Waals surface area (Å²) >= 11 is 0. The lowest BCUT2D eigenvalue weighted by Crippen LogP contribution is -2.29. The fourth-order valence-corrected chi connectivity index (χ4v) is 1.69. The van der Waals surface area contributed by atoms with Gasteiger partial charge in [-0.3, -0.25) is 0 Å². The first-order chi connectivity index (χ1) is 7.72. The van der Waals surface area contributed by atoms with Crippen LogP contribution in [0.2, 0.25) is 0 Å². The Morgan fingerprint density at radius 2 is 2.31 bits per heavy atom. The van der Waals surface area contributed by atoms with Gasteiger partial charge in [0.2, 0.25) is 0 Å². The maximum absolute atomic E-state index is 10.8. The van der Waals surface area contributed by atoms with Crippen LogP contribution in [0.1, 0.15) is 23.2 Å². The normalized spacial score (nSPS) is 14.8. The molecule has 2 rings (SSSR count). The average Bonchev–Trinajstić information content (AvgIpc) is 3.10. The third-order valence-corrected chi connectivity index (χ3v) is 2.62. The SMILES string of the molecule is O=C(O)c1ccnc(N(CCO)C2CC2)c1.